The minimum Gasteiger partial charge on any atom is -0.479 e. The molecule has 1 aliphatic carbocycles. The number of anilines is 2. The van der Waals surface area contributed by atoms with E-state index >= 15 is 0 Å². The lowest BCUT2D eigenvalue weighted by atomic mass is 9.76. The molecule has 2 aromatic rings. The number of halogens is 4. The molecule has 0 unspecified atom stereocenters. The zero-order valence-electron chi connectivity index (χ0n) is 19.8. The van der Waals surface area contributed by atoms with E-state index in [9.17, 15) is 27.2 Å². The van der Waals surface area contributed by atoms with Gasteiger partial charge in [0.15, 0.2) is 29.0 Å². The maximum absolute atomic E-state index is 14.9. The van der Waals surface area contributed by atoms with Crippen molar-refractivity contribution in [2.24, 2.45) is 0 Å². The number of benzene rings is 1. The van der Waals surface area contributed by atoms with E-state index in [1.807, 2.05) is 0 Å². The quantitative estimate of drug-likeness (QED) is 0.210. The van der Waals surface area contributed by atoms with Gasteiger partial charge in [0.1, 0.15) is 17.9 Å². The number of carbonyl (C=O) groups excluding carboxylic acids is 2. The van der Waals surface area contributed by atoms with Crippen LogP contribution >= 0.6 is 12.2 Å². The van der Waals surface area contributed by atoms with Crippen LogP contribution in [0, 0.1) is 17.1 Å². The minimum absolute atomic E-state index is 0.0865. The van der Waals surface area contributed by atoms with Crippen LogP contribution in [0.3, 0.4) is 0 Å². The van der Waals surface area contributed by atoms with E-state index in [1.54, 1.807) is 6.92 Å². The van der Waals surface area contributed by atoms with Crippen LogP contribution in [0.1, 0.15) is 37.4 Å². The van der Waals surface area contributed by atoms with Crippen LogP contribution in [0.2, 0.25) is 0 Å². The van der Waals surface area contributed by atoms with Crippen LogP contribution in [0.5, 0.6) is 5.75 Å². The number of pyridine rings is 1. The summed E-state index contributed by atoms with van der Waals surface area (Å²) in [6.07, 6.45) is -1.66. The number of rotatable bonds is 8. The summed E-state index contributed by atoms with van der Waals surface area (Å²) in [5.41, 5.74) is -3.11. The molecule has 3 rings (SSSR count). The standard InChI is InChI=1S/C24H22F4N4O4S/c1-3-35-21(34)13-36-20-6-5-15(10-18(20)25)32(23(14-33)7-4-8-23)22(37)31(2)16-9-17(24(26,27)28)19(11-29)30-12-16/h5-6,9-10,12,14H,3-4,7-8,13H2,1-2H3. The van der Waals surface area contributed by atoms with Crippen LogP contribution in [0.25, 0.3) is 0 Å². The Hall–Kier alpha value is -3.79. The van der Waals surface area contributed by atoms with Gasteiger partial charge in [0, 0.05) is 18.8 Å². The number of alkyl halides is 3. The monoisotopic (exact) mass is 538 g/mol. The van der Waals surface area contributed by atoms with E-state index in [4.69, 9.17) is 27.0 Å². The third kappa shape index (κ3) is 5.80. The second-order valence-corrected chi connectivity index (χ2v) is 8.52. The summed E-state index contributed by atoms with van der Waals surface area (Å²) in [5, 5.41) is 8.92. The first-order valence-corrected chi connectivity index (χ1v) is 11.5. The molecule has 1 aliphatic rings. The third-order valence-corrected chi connectivity index (χ3v) is 6.32. The number of aromatic nitrogens is 1. The number of hydrogen-bond donors (Lipinski definition) is 0. The molecule has 8 nitrogen and oxygen atoms in total. The van der Waals surface area contributed by atoms with Gasteiger partial charge in [0.2, 0.25) is 0 Å². The van der Waals surface area contributed by atoms with Crippen LogP contribution in [0.15, 0.2) is 30.5 Å². The van der Waals surface area contributed by atoms with Crippen molar-refractivity contribution >= 4 is 41.0 Å². The summed E-state index contributed by atoms with van der Waals surface area (Å²) >= 11 is 5.57. The third-order valence-electron chi connectivity index (χ3n) is 5.86. The second kappa shape index (κ2) is 11.1. The van der Waals surface area contributed by atoms with Crippen LogP contribution in [-0.2, 0) is 20.5 Å². The summed E-state index contributed by atoms with van der Waals surface area (Å²) < 4.78 is 65.2. The number of ether oxygens (including phenoxy) is 2. The van der Waals surface area contributed by atoms with Crippen molar-refractivity contribution < 1.29 is 36.6 Å². The van der Waals surface area contributed by atoms with Gasteiger partial charge in [-0.2, -0.15) is 18.4 Å². The van der Waals surface area contributed by atoms with Gasteiger partial charge in [-0.3, -0.25) is 0 Å². The fourth-order valence-electron chi connectivity index (χ4n) is 3.78. The van der Waals surface area contributed by atoms with E-state index in [0.29, 0.717) is 25.5 Å². The van der Waals surface area contributed by atoms with Gasteiger partial charge in [-0.05, 0) is 56.6 Å². The molecule has 0 radical (unpaired) electrons. The average Bonchev–Trinajstić information content (AvgIpc) is 2.83. The second-order valence-electron chi connectivity index (χ2n) is 8.16. The fourth-order valence-corrected chi connectivity index (χ4v) is 4.17. The molecule has 37 heavy (non-hydrogen) atoms. The number of nitriles is 1. The highest BCUT2D eigenvalue weighted by molar-refractivity contribution is 7.80. The summed E-state index contributed by atoms with van der Waals surface area (Å²) in [6, 6.07) is 5.88. The number of aldehydes is 1. The molecular weight excluding hydrogens is 516 g/mol. The molecule has 1 aromatic carbocycles. The molecule has 1 saturated carbocycles. The van der Waals surface area contributed by atoms with Crippen LogP contribution < -0.4 is 14.5 Å². The lowest BCUT2D eigenvalue weighted by Crippen LogP contribution is -2.60. The van der Waals surface area contributed by atoms with Gasteiger partial charge in [0.25, 0.3) is 0 Å². The highest BCUT2D eigenvalue weighted by Gasteiger charge is 2.46. The van der Waals surface area contributed by atoms with Gasteiger partial charge >= 0.3 is 12.1 Å². The Bertz CT molecular complexity index is 1240. The molecule has 1 aromatic heterocycles. The first-order valence-electron chi connectivity index (χ1n) is 11.1. The number of carbonyl (C=O) groups is 2. The molecule has 0 saturated heterocycles. The van der Waals surface area contributed by atoms with E-state index in [-0.39, 0.29) is 28.8 Å². The minimum atomic E-state index is -4.84. The lowest BCUT2D eigenvalue weighted by Gasteiger charge is -2.48. The maximum atomic E-state index is 14.9. The predicted molar refractivity (Wildman–Crippen MR) is 129 cm³/mol. The smallest absolute Gasteiger partial charge is 0.419 e. The predicted octanol–water partition coefficient (Wildman–Crippen LogP) is 4.40. The topological polar surface area (TPSA) is 95.8 Å². The molecular formula is C24H22F4N4O4S. The fraction of sp³-hybridized carbons (Fsp3) is 0.375. The molecule has 0 N–H and O–H groups in total. The molecule has 0 amide bonds. The van der Waals surface area contributed by atoms with Crippen molar-refractivity contribution in [1.29, 1.82) is 5.26 Å². The first kappa shape index (κ1) is 27.8. The number of nitrogens with zero attached hydrogens (tertiary/aromatic N) is 4. The summed E-state index contributed by atoms with van der Waals surface area (Å²) in [6.45, 7) is 1.24. The molecule has 0 bridgehead atoms. The molecule has 0 aliphatic heterocycles. The molecule has 1 fully saturated rings. The van der Waals surface area contributed by atoms with E-state index in [1.165, 1.54) is 35.0 Å². The van der Waals surface area contributed by atoms with Gasteiger partial charge in [0.05, 0.1) is 24.1 Å². The van der Waals surface area contributed by atoms with Crippen molar-refractivity contribution in [2.45, 2.75) is 37.9 Å². The number of hydrogen-bond acceptors (Lipinski definition) is 7. The van der Waals surface area contributed by atoms with E-state index < -0.39 is 41.4 Å². The lowest BCUT2D eigenvalue weighted by molar-refractivity contribution is -0.145. The van der Waals surface area contributed by atoms with Crippen LogP contribution in [-0.4, -0.2) is 48.2 Å². The molecule has 13 heteroatoms. The van der Waals surface area contributed by atoms with E-state index in [2.05, 4.69) is 4.98 Å². The zero-order valence-corrected chi connectivity index (χ0v) is 20.7. The Morgan fingerprint density at radius 1 is 1.30 bits per heavy atom. The van der Waals surface area contributed by atoms with Crippen LogP contribution in [0.4, 0.5) is 28.9 Å². The molecule has 1 heterocycles. The molecule has 196 valence electrons. The summed E-state index contributed by atoms with van der Waals surface area (Å²) in [4.78, 5) is 29.9. The van der Waals surface area contributed by atoms with Gasteiger partial charge in [-0.25, -0.2) is 14.2 Å². The Morgan fingerprint density at radius 3 is 2.51 bits per heavy atom. The van der Waals surface area contributed by atoms with Crippen molar-refractivity contribution in [3.8, 4) is 11.8 Å². The Kier molecular flexibility index (Phi) is 8.32. The maximum Gasteiger partial charge on any atom is 0.419 e. The highest BCUT2D eigenvalue weighted by Crippen LogP contribution is 2.41. The van der Waals surface area contributed by atoms with Crippen molar-refractivity contribution in [1.82, 2.24) is 4.98 Å². The number of thiocarbonyl (C=S) groups is 1. The van der Waals surface area contributed by atoms with E-state index in [0.717, 1.165) is 18.3 Å². The SMILES string of the molecule is CCOC(=O)COc1ccc(N(C(=S)N(C)c2cnc(C#N)c(C(F)(F)F)c2)C2(C=O)CCC2)cc1F. The first-order chi connectivity index (χ1) is 17.5. The zero-order chi connectivity index (χ0) is 27.4. The Labute approximate surface area is 215 Å². The highest BCUT2D eigenvalue weighted by atomic mass is 32.1. The van der Waals surface area contributed by atoms with Crippen molar-refractivity contribution in [3.63, 3.8) is 0 Å². The summed E-state index contributed by atoms with van der Waals surface area (Å²) in [5.74, 6) is -1.77. The average molecular weight is 539 g/mol. The Morgan fingerprint density at radius 2 is 2.00 bits per heavy atom. The summed E-state index contributed by atoms with van der Waals surface area (Å²) in [7, 11) is 1.38. The molecule has 0 spiro atoms. The number of esters is 1. The molecule has 0 atom stereocenters. The van der Waals surface area contributed by atoms with Gasteiger partial charge in [-0.15, -0.1) is 0 Å². The largest absolute Gasteiger partial charge is 0.479 e. The normalized spacial score (nSPS) is 14.1. The van der Waals surface area contributed by atoms with Gasteiger partial charge in [-0.1, -0.05) is 0 Å². The van der Waals surface area contributed by atoms with Crippen molar-refractivity contribution in [3.05, 3.63) is 47.5 Å². The Balaban J connectivity index is 1.97. The van der Waals surface area contributed by atoms with Gasteiger partial charge < -0.3 is 24.1 Å². The van der Waals surface area contributed by atoms with Crippen molar-refractivity contribution in [2.75, 3.05) is 30.1 Å².